The van der Waals surface area contributed by atoms with Crippen molar-refractivity contribution in [2.45, 2.75) is 12.8 Å². The molecule has 0 aliphatic rings. The Hall–Kier alpha value is -1.40. The number of hydrogen-bond donors (Lipinski definition) is 1. The molecule has 5 nitrogen and oxygen atoms in total. The Morgan fingerprint density at radius 2 is 2.28 bits per heavy atom. The van der Waals surface area contributed by atoms with Crippen LogP contribution in [0.3, 0.4) is 0 Å². The van der Waals surface area contributed by atoms with Crippen molar-refractivity contribution in [3.05, 3.63) is 28.5 Å². The van der Waals surface area contributed by atoms with Crippen LogP contribution in [0.25, 0.3) is 11.5 Å². The van der Waals surface area contributed by atoms with Gasteiger partial charge in [-0.15, -0.1) is 0 Å². The highest BCUT2D eigenvalue weighted by Gasteiger charge is 2.13. The third kappa shape index (κ3) is 3.08. The van der Waals surface area contributed by atoms with Crippen molar-refractivity contribution < 1.29 is 14.4 Å². The second-order valence-corrected chi connectivity index (χ2v) is 4.69. The molecule has 2 rings (SSSR count). The number of phenols is 1. The average molecular weight is 313 g/mol. The zero-order valence-electron chi connectivity index (χ0n) is 9.89. The lowest BCUT2D eigenvalue weighted by Crippen LogP contribution is -1.94. The molecule has 2 aromatic rings. The standard InChI is InChI=1S/C12H13BrN2O3/c1-17-6-2-3-11-14-12(18-15-11)9-7-8(13)4-5-10(9)16/h4-5,7,16H,2-3,6H2,1H3. The first-order chi connectivity index (χ1) is 8.70. The van der Waals surface area contributed by atoms with Gasteiger partial charge in [0, 0.05) is 24.6 Å². The van der Waals surface area contributed by atoms with Crippen molar-refractivity contribution in [2.75, 3.05) is 13.7 Å². The summed E-state index contributed by atoms with van der Waals surface area (Å²) in [6, 6.07) is 5.06. The molecule has 0 fully saturated rings. The fourth-order valence-corrected chi connectivity index (χ4v) is 1.88. The number of halogens is 1. The Morgan fingerprint density at radius 3 is 3.06 bits per heavy atom. The first-order valence-electron chi connectivity index (χ1n) is 5.51. The molecule has 18 heavy (non-hydrogen) atoms. The molecule has 1 aromatic carbocycles. The van der Waals surface area contributed by atoms with Crippen molar-refractivity contribution in [3.8, 4) is 17.2 Å². The van der Waals surface area contributed by atoms with Gasteiger partial charge >= 0.3 is 0 Å². The summed E-state index contributed by atoms with van der Waals surface area (Å²) >= 11 is 3.33. The minimum absolute atomic E-state index is 0.116. The van der Waals surface area contributed by atoms with Gasteiger partial charge in [-0.1, -0.05) is 21.1 Å². The van der Waals surface area contributed by atoms with Crippen LogP contribution >= 0.6 is 15.9 Å². The molecule has 0 radical (unpaired) electrons. The van der Waals surface area contributed by atoms with E-state index in [-0.39, 0.29) is 5.75 Å². The number of aromatic hydroxyl groups is 1. The molecular weight excluding hydrogens is 300 g/mol. The predicted octanol–water partition coefficient (Wildman–Crippen LogP) is 2.78. The first-order valence-corrected chi connectivity index (χ1v) is 6.30. The van der Waals surface area contributed by atoms with Crippen LogP contribution < -0.4 is 0 Å². The largest absolute Gasteiger partial charge is 0.507 e. The minimum Gasteiger partial charge on any atom is -0.507 e. The normalized spacial score (nSPS) is 10.8. The Labute approximate surface area is 113 Å². The molecule has 0 unspecified atom stereocenters. The van der Waals surface area contributed by atoms with Crippen molar-refractivity contribution in [3.63, 3.8) is 0 Å². The van der Waals surface area contributed by atoms with Crippen molar-refractivity contribution in [2.24, 2.45) is 0 Å². The monoisotopic (exact) mass is 312 g/mol. The van der Waals surface area contributed by atoms with E-state index < -0.39 is 0 Å². The maximum Gasteiger partial charge on any atom is 0.261 e. The van der Waals surface area contributed by atoms with E-state index in [0.717, 1.165) is 10.9 Å². The Kier molecular flexibility index (Phi) is 4.33. The Bertz CT molecular complexity index is 528. The molecular formula is C12H13BrN2O3. The Balaban J connectivity index is 2.16. The summed E-state index contributed by atoms with van der Waals surface area (Å²) < 4.78 is 10.9. The lowest BCUT2D eigenvalue weighted by atomic mass is 10.2. The zero-order chi connectivity index (χ0) is 13.0. The summed E-state index contributed by atoms with van der Waals surface area (Å²) in [6.07, 6.45) is 1.52. The summed E-state index contributed by atoms with van der Waals surface area (Å²) in [5.74, 6) is 1.05. The fraction of sp³-hybridized carbons (Fsp3) is 0.333. The molecule has 0 aliphatic carbocycles. The summed E-state index contributed by atoms with van der Waals surface area (Å²) in [5.41, 5.74) is 0.523. The van der Waals surface area contributed by atoms with E-state index in [1.165, 1.54) is 0 Å². The number of aryl methyl sites for hydroxylation is 1. The number of methoxy groups -OCH3 is 1. The van der Waals surface area contributed by atoms with E-state index >= 15 is 0 Å². The SMILES string of the molecule is COCCCc1noc(-c2cc(Br)ccc2O)n1. The van der Waals surface area contributed by atoms with E-state index in [1.54, 1.807) is 25.3 Å². The molecule has 0 amide bonds. The van der Waals surface area contributed by atoms with Gasteiger partial charge in [0.25, 0.3) is 5.89 Å². The smallest absolute Gasteiger partial charge is 0.261 e. The third-order valence-electron chi connectivity index (χ3n) is 2.41. The van der Waals surface area contributed by atoms with Crippen molar-refractivity contribution in [1.29, 1.82) is 0 Å². The number of benzene rings is 1. The van der Waals surface area contributed by atoms with Gasteiger partial charge in [0.2, 0.25) is 0 Å². The van der Waals surface area contributed by atoms with Crippen LogP contribution in [0.1, 0.15) is 12.2 Å². The second-order valence-electron chi connectivity index (χ2n) is 3.77. The second kappa shape index (κ2) is 5.97. The molecule has 0 saturated carbocycles. The van der Waals surface area contributed by atoms with Crippen LogP contribution in [0, 0.1) is 0 Å². The van der Waals surface area contributed by atoms with Crippen LogP contribution in [0.15, 0.2) is 27.2 Å². The highest BCUT2D eigenvalue weighted by atomic mass is 79.9. The summed E-state index contributed by atoms with van der Waals surface area (Å²) in [4.78, 5) is 4.24. The van der Waals surface area contributed by atoms with E-state index in [4.69, 9.17) is 9.26 Å². The molecule has 0 bridgehead atoms. The summed E-state index contributed by atoms with van der Waals surface area (Å²) in [6.45, 7) is 0.659. The van der Waals surface area contributed by atoms with E-state index in [1.807, 2.05) is 0 Å². The van der Waals surface area contributed by atoms with Gasteiger partial charge in [0.05, 0.1) is 5.56 Å². The molecule has 0 atom stereocenters. The number of aromatic nitrogens is 2. The Morgan fingerprint density at radius 1 is 1.44 bits per heavy atom. The van der Waals surface area contributed by atoms with Crippen LogP contribution in [0.2, 0.25) is 0 Å². The molecule has 1 heterocycles. The maximum absolute atomic E-state index is 9.74. The number of nitrogens with zero attached hydrogens (tertiary/aromatic N) is 2. The quantitative estimate of drug-likeness (QED) is 0.860. The molecule has 6 heteroatoms. The lowest BCUT2D eigenvalue weighted by molar-refractivity contribution is 0.194. The number of hydrogen-bond acceptors (Lipinski definition) is 5. The predicted molar refractivity (Wildman–Crippen MR) is 69.3 cm³/mol. The van der Waals surface area contributed by atoms with Gasteiger partial charge < -0.3 is 14.4 Å². The van der Waals surface area contributed by atoms with E-state index in [9.17, 15) is 5.11 Å². The molecule has 1 aromatic heterocycles. The molecule has 0 saturated heterocycles. The number of phenolic OH excluding ortho intramolecular Hbond substituents is 1. The molecule has 96 valence electrons. The number of ether oxygens (including phenoxy) is 1. The van der Waals surface area contributed by atoms with Gasteiger partial charge in [-0.05, 0) is 24.6 Å². The molecule has 1 N–H and O–H groups in total. The first kappa shape index (κ1) is 13.0. The number of rotatable bonds is 5. The van der Waals surface area contributed by atoms with Crippen LogP contribution in [0.5, 0.6) is 5.75 Å². The maximum atomic E-state index is 9.74. The van der Waals surface area contributed by atoms with Crippen LogP contribution in [-0.2, 0) is 11.2 Å². The van der Waals surface area contributed by atoms with Crippen molar-refractivity contribution >= 4 is 15.9 Å². The molecule has 0 spiro atoms. The minimum atomic E-state index is 0.116. The van der Waals surface area contributed by atoms with Gasteiger partial charge in [-0.25, -0.2) is 0 Å². The van der Waals surface area contributed by atoms with Gasteiger partial charge in [-0.2, -0.15) is 4.98 Å². The summed E-state index contributed by atoms with van der Waals surface area (Å²) in [7, 11) is 1.65. The van der Waals surface area contributed by atoms with E-state index in [2.05, 4.69) is 26.1 Å². The highest BCUT2D eigenvalue weighted by Crippen LogP contribution is 2.30. The topological polar surface area (TPSA) is 68.4 Å². The van der Waals surface area contributed by atoms with Crippen LogP contribution in [-0.4, -0.2) is 29.0 Å². The van der Waals surface area contributed by atoms with E-state index in [0.29, 0.717) is 30.3 Å². The zero-order valence-corrected chi connectivity index (χ0v) is 11.5. The fourth-order valence-electron chi connectivity index (χ4n) is 1.52. The lowest BCUT2D eigenvalue weighted by Gasteiger charge is -1.99. The van der Waals surface area contributed by atoms with Crippen LogP contribution in [0.4, 0.5) is 0 Å². The third-order valence-corrected chi connectivity index (χ3v) is 2.90. The average Bonchev–Trinajstić information content (AvgIpc) is 2.81. The molecule has 0 aliphatic heterocycles. The summed E-state index contributed by atoms with van der Waals surface area (Å²) in [5, 5.41) is 13.6. The van der Waals surface area contributed by atoms with Crippen molar-refractivity contribution in [1.82, 2.24) is 10.1 Å². The highest BCUT2D eigenvalue weighted by molar-refractivity contribution is 9.10. The van der Waals surface area contributed by atoms with Gasteiger partial charge in [0.15, 0.2) is 5.82 Å². The van der Waals surface area contributed by atoms with Gasteiger partial charge in [-0.3, -0.25) is 0 Å². The van der Waals surface area contributed by atoms with Gasteiger partial charge in [0.1, 0.15) is 5.75 Å².